The van der Waals surface area contributed by atoms with E-state index in [2.05, 4.69) is 6.92 Å². The molecule has 2 atom stereocenters. The fourth-order valence-electron chi connectivity index (χ4n) is 2.45. The molecule has 0 aliphatic carbocycles. The maximum Gasteiger partial charge on any atom is 0.243 e. The summed E-state index contributed by atoms with van der Waals surface area (Å²) in [5, 5.41) is 0.297. The van der Waals surface area contributed by atoms with Crippen molar-refractivity contribution in [3.63, 3.8) is 0 Å². The summed E-state index contributed by atoms with van der Waals surface area (Å²) in [4.78, 5) is 0.596. The van der Waals surface area contributed by atoms with Crippen molar-refractivity contribution in [1.82, 2.24) is 4.31 Å². The predicted octanol–water partition coefficient (Wildman–Crippen LogP) is 2.14. The monoisotopic (exact) mass is 344 g/mol. The molecule has 1 aromatic carbocycles. The number of benzene rings is 1. The second-order valence-corrected chi connectivity index (χ2v) is 9.09. The average molecular weight is 345 g/mol. The van der Waals surface area contributed by atoms with E-state index in [1.54, 1.807) is 22.5 Å². The maximum atomic E-state index is 12.8. The van der Waals surface area contributed by atoms with E-state index in [0.717, 1.165) is 16.9 Å². The van der Waals surface area contributed by atoms with Gasteiger partial charge in [-0.1, -0.05) is 25.2 Å². The first-order valence-electron chi connectivity index (χ1n) is 6.79. The van der Waals surface area contributed by atoms with Gasteiger partial charge in [0.1, 0.15) is 4.99 Å². The summed E-state index contributed by atoms with van der Waals surface area (Å²) >= 11 is 6.77. The number of thioether (sulfide) groups is 1. The summed E-state index contributed by atoms with van der Waals surface area (Å²) in [5.74, 6) is 0.828. The van der Waals surface area contributed by atoms with Crippen LogP contribution in [0.5, 0.6) is 0 Å². The Bertz CT molecular complexity index is 658. The number of nitrogens with zero attached hydrogens (tertiary/aromatic N) is 1. The van der Waals surface area contributed by atoms with Crippen LogP contribution in [-0.2, 0) is 10.0 Å². The van der Waals surface area contributed by atoms with Gasteiger partial charge < -0.3 is 5.73 Å². The Morgan fingerprint density at radius 2 is 2.10 bits per heavy atom. The summed E-state index contributed by atoms with van der Waals surface area (Å²) in [6, 6.07) is 4.93. The Hall–Kier alpha value is -0.630. The molecule has 21 heavy (non-hydrogen) atoms. The van der Waals surface area contributed by atoms with Crippen molar-refractivity contribution >= 4 is 39.0 Å². The summed E-state index contributed by atoms with van der Waals surface area (Å²) in [5.41, 5.74) is 7.14. The highest BCUT2D eigenvalue weighted by molar-refractivity contribution is 8.00. The number of sulfonamides is 1. The van der Waals surface area contributed by atoms with Crippen LogP contribution < -0.4 is 5.73 Å². The number of hydrogen-bond donors (Lipinski definition) is 1. The summed E-state index contributed by atoms with van der Waals surface area (Å²) in [6.45, 7) is 6.41. The highest BCUT2D eigenvalue weighted by atomic mass is 32.2. The summed E-state index contributed by atoms with van der Waals surface area (Å²) in [7, 11) is -3.47. The van der Waals surface area contributed by atoms with Gasteiger partial charge in [-0.3, -0.25) is 0 Å². The van der Waals surface area contributed by atoms with Crippen LogP contribution in [0.25, 0.3) is 0 Å². The second-order valence-electron chi connectivity index (χ2n) is 5.27. The first-order valence-corrected chi connectivity index (χ1v) is 9.68. The van der Waals surface area contributed by atoms with Gasteiger partial charge in [-0.2, -0.15) is 16.1 Å². The fraction of sp³-hybridized carbons (Fsp3) is 0.500. The van der Waals surface area contributed by atoms with E-state index >= 15 is 0 Å². The summed E-state index contributed by atoms with van der Waals surface area (Å²) in [6.07, 6.45) is 0. The minimum absolute atomic E-state index is 0.00989. The molecular weight excluding hydrogens is 324 g/mol. The van der Waals surface area contributed by atoms with Crippen molar-refractivity contribution < 1.29 is 8.42 Å². The number of aryl methyl sites for hydroxylation is 1. The molecule has 1 aliphatic rings. The van der Waals surface area contributed by atoms with E-state index in [-0.39, 0.29) is 11.0 Å². The second kappa shape index (κ2) is 6.24. The van der Waals surface area contributed by atoms with Crippen LogP contribution in [0.4, 0.5) is 0 Å². The maximum absolute atomic E-state index is 12.8. The molecule has 0 aromatic heterocycles. The molecule has 4 nitrogen and oxygen atoms in total. The van der Waals surface area contributed by atoms with Gasteiger partial charge in [0, 0.05) is 29.2 Å². The zero-order valence-electron chi connectivity index (χ0n) is 12.4. The lowest BCUT2D eigenvalue weighted by Gasteiger charge is -2.36. The Morgan fingerprint density at radius 3 is 2.67 bits per heavy atom. The van der Waals surface area contributed by atoms with Crippen molar-refractivity contribution in [2.24, 2.45) is 5.73 Å². The average Bonchev–Trinajstić information content (AvgIpc) is 2.41. The van der Waals surface area contributed by atoms with E-state index in [1.165, 1.54) is 0 Å². The van der Waals surface area contributed by atoms with Crippen molar-refractivity contribution in [3.05, 3.63) is 29.3 Å². The van der Waals surface area contributed by atoms with Gasteiger partial charge in [-0.05, 0) is 31.5 Å². The third kappa shape index (κ3) is 3.26. The van der Waals surface area contributed by atoms with Crippen LogP contribution >= 0.6 is 24.0 Å². The van der Waals surface area contributed by atoms with Gasteiger partial charge in [0.2, 0.25) is 10.0 Å². The zero-order valence-corrected chi connectivity index (χ0v) is 14.8. The number of rotatable bonds is 3. The number of nitrogens with two attached hydrogens (primary N) is 1. The molecule has 1 heterocycles. The smallest absolute Gasteiger partial charge is 0.243 e. The fourth-order valence-corrected chi connectivity index (χ4v) is 5.76. The standard InChI is InChI=1S/C14H20N2O2S3/c1-9-8-12(4-5-13(9)14(15)19)21(17,18)16-6-7-20-11(3)10(16)2/h4-5,8,10-11H,6-7H2,1-3H3,(H2,15,19). The van der Waals surface area contributed by atoms with Gasteiger partial charge in [-0.25, -0.2) is 8.42 Å². The zero-order chi connectivity index (χ0) is 15.8. The van der Waals surface area contributed by atoms with Crippen LogP contribution in [0.2, 0.25) is 0 Å². The van der Waals surface area contributed by atoms with E-state index < -0.39 is 10.0 Å². The molecule has 2 rings (SSSR count). The lowest BCUT2D eigenvalue weighted by molar-refractivity contribution is 0.340. The molecule has 0 radical (unpaired) electrons. The largest absolute Gasteiger partial charge is 0.389 e. The van der Waals surface area contributed by atoms with Gasteiger partial charge in [0.25, 0.3) is 0 Å². The molecule has 0 saturated carbocycles. The summed E-state index contributed by atoms with van der Waals surface area (Å²) < 4.78 is 27.3. The van der Waals surface area contributed by atoms with E-state index in [1.807, 2.05) is 25.6 Å². The number of hydrogen-bond acceptors (Lipinski definition) is 4. The molecule has 2 N–H and O–H groups in total. The van der Waals surface area contributed by atoms with Gasteiger partial charge >= 0.3 is 0 Å². The van der Waals surface area contributed by atoms with Crippen LogP contribution in [0.15, 0.2) is 23.1 Å². The van der Waals surface area contributed by atoms with Crippen molar-refractivity contribution in [1.29, 1.82) is 0 Å². The molecule has 1 aliphatic heterocycles. The van der Waals surface area contributed by atoms with E-state index in [4.69, 9.17) is 18.0 Å². The van der Waals surface area contributed by atoms with Crippen molar-refractivity contribution in [3.8, 4) is 0 Å². The molecule has 116 valence electrons. The topological polar surface area (TPSA) is 63.4 Å². The molecule has 1 saturated heterocycles. The van der Waals surface area contributed by atoms with Crippen molar-refractivity contribution in [2.75, 3.05) is 12.3 Å². The Morgan fingerprint density at radius 1 is 1.43 bits per heavy atom. The molecule has 7 heteroatoms. The van der Waals surface area contributed by atoms with E-state index in [9.17, 15) is 8.42 Å². The molecule has 0 bridgehead atoms. The number of thiocarbonyl (C=S) groups is 1. The lowest BCUT2D eigenvalue weighted by atomic mass is 10.1. The highest BCUT2D eigenvalue weighted by Gasteiger charge is 2.35. The Kier molecular flexibility index (Phi) is 4.97. The molecule has 0 amide bonds. The van der Waals surface area contributed by atoms with Crippen LogP contribution in [-0.4, -0.2) is 41.3 Å². The Labute approximate surface area is 136 Å². The molecule has 1 fully saturated rings. The minimum atomic E-state index is -3.47. The van der Waals surface area contributed by atoms with Gasteiger partial charge in [-0.15, -0.1) is 0 Å². The quantitative estimate of drug-likeness (QED) is 0.851. The molecule has 1 aromatic rings. The van der Waals surface area contributed by atoms with Crippen molar-refractivity contribution in [2.45, 2.75) is 37.0 Å². The third-order valence-corrected chi connectivity index (χ3v) is 7.44. The van der Waals surface area contributed by atoms with E-state index in [0.29, 0.717) is 16.7 Å². The lowest BCUT2D eigenvalue weighted by Crippen LogP contribution is -2.47. The first-order chi connectivity index (χ1) is 9.75. The van der Waals surface area contributed by atoms with Crippen LogP contribution in [0.1, 0.15) is 25.0 Å². The normalized spacial score (nSPS) is 24.0. The van der Waals surface area contributed by atoms with Gasteiger partial charge in [0.15, 0.2) is 0 Å². The van der Waals surface area contributed by atoms with Gasteiger partial charge in [0.05, 0.1) is 4.90 Å². The molecule has 2 unspecified atom stereocenters. The van der Waals surface area contributed by atoms with Crippen LogP contribution in [0.3, 0.4) is 0 Å². The Balaban J connectivity index is 2.40. The first kappa shape index (κ1) is 16.7. The predicted molar refractivity (Wildman–Crippen MR) is 92.3 cm³/mol. The molecule has 0 spiro atoms. The third-order valence-electron chi connectivity index (χ3n) is 3.90. The molecular formula is C14H20N2O2S3. The SMILES string of the molecule is Cc1cc(S(=O)(=O)N2CCSC(C)C2C)ccc1C(N)=S. The minimum Gasteiger partial charge on any atom is -0.389 e. The highest BCUT2D eigenvalue weighted by Crippen LogP contribution is 2.30. The van der Waals surface area contributed by atoms with Crippen LogP contribution in [0, 0.1) is 6.92 Å².